The van der Waals surface area contributed by atoms with E-state index >= 15 is 0 Å². The van der Waals surface area contributed by atoms with Gasteiger partial charge in [-0.1, -0.05) is 60.7 Å². The van der Waals surface area contributed by atoms with Gasteiger partial charge in [0.05, 0.1) is 0 Å². The average molecular weight is 331 g/mol. The summed E-state index contributed by atoms with van der Waals surface area (Å²) in [7, 11) is 0. The SMILES string of the molecule is Nc1nc(-c2ccccc2)nc2nc(O)c(-c3ccccc3)c(=O)n12. The number of anilines is 1. The average Bonchev–Trinajstić information content (AvgIpc) is 2.62. The van der Waals surface area contributed by atoms with Gasteiger partial charge in [0.25, 0.3) is 5.56 Å². The lowest BCUT2D eigenvalue weighted by Gasteiger charge is -2.09. The largest absolute Gasteiger partial charge is 0.493 e. The second-order valence-corrected chi connectivity index (χ2v) is 5.39. The zero-order chi connectivity index (χ0) is 17.4. The third-order valence-corrected chi connectivity index (χ3v) is 3.80. The van der Waals surface area contributed by atoms with Crippen LogP contribution >= 0.6 is 0 Å². The minimum absolute atomic E-state index is 0.00599. The summed E-state index contributed by atoms with van der Waals surface area (Å²) in [6.07, 6.45) is 0. The number of hydrogen-bond acceptors (Lipinski definition) is 6. The molecule has 0 saturated carbocycles. The smallest absolute Gasteiger partial charge is 0.273 e. The Morgan fingerprint density at radius 3 is 2.08 bits per heavy atom. The number of aromatic hydroxyl groups is 1. The first-order valence-corrected chi connectivity index (χ1v) is 7.55. The molecule has 0 amide bonds. The predicted molar refractivity (Wildman–Crippen MR) is 94.0 cm³/mol. The van der Waals surface area contributed by atoms with E-state index in [0.29, 0.717) is 11.4 Å². The van der Waals surface area contributed by atoms with Gasteiger partial charge in [-0.15, -0.1) is 0 Å². The van der Waals surface area contributed by atoms with E-state index in [0.717, 1.165) is 9.96 Å². The summed E-state index contributed by atoms with van der Waals surface area (Å²) >= 11 is 0. The number of nitrogens with two attached hydrogens (primary N) is 1. The Morgan fingerprint density at radius 2 is 1.44 bits per heavy atom. The molecule has 0 atom stereocenters. The molecule has 0 bridgehead atoms. The van der Waals surface area contributed by atoms with E-state index in [4.69, 9.17) is 5.73 Å². The van der Waals surface area contributed by atoms with Crippen LogP contribution in [0.1, 0.15) is 0 Å². The highest BCUT2D eigenvalue weighted by Crippen LogP contribution is 2.24. The molecule has 3 N–H and O–H groups in total. The van der Waals surface area contributed by atoms with Gasteiger partial charge >= 0.3 is 0 Å². The summed E-state index contributed by atoms with van der Waals surface area (Å²) in [5, 5.41) is 10.3. The molecule has 7 nitrogen and oxygen atoms in total. The molecule has 0 saturated heterocycles. The Labute approximate surface area is 142 Å². The monoisotopic (exact) mass is 331 g/mol. The van der Waals surface area contributed by atoms with Gasteiger partial charge in [0.15, 0.2) is 5.82 Å². The van der Waals surface area contributed by atoms with Gasteiger partial charge in [-0.25, -0.2) is 4.40 Å². The highest BCUT2D eigenvalue weighted by atomic mass is 16.3. The van der Waals surface area contributed by atoms with Crippen molar-refractivity contribution in [3.05, 3.63) is 71.0 Å². The quantitative estimate of drug-likeness (QED) is 0.582. The van der Waals surface area contributed by atoms with E-state index < -0.39 is 11.4 Å². The van der Waals surface area contributed by atoms with Gasteiger partial charge in [0, 0.05) is 5.56 Å². The maximum Gasteiger partial charge on any atom is 0.273 e. The normalized spacial score (nSPS) is 10.9. The Balaban J connectivity index is 2.01. The molecular weight excluding hydrogens is 318 g/mol. The molecule has 25 heavy (non-hydrogen) atoms. The zero-order valence-corrected chi connectivity index (χ0v) is 13.0. The van der Waals surface area contributed by atoms with E-state index in [2.05, 4.69) is 15.0 Å². The first-order chi connectivity index (χ1) is 12.1. The van der Waals surface area contributed by atoms with Gasteiger partial charge < -0.3 is 10.8 Å². The van der Waals surface area contributed by atoms with Crippen LogP contribution in [0.5, 0.6) is 5.88 Å². The second kappa shape index (κ2) is 5.72. The van der Waals surface area contributed by atoms with E-state index in [1.165, 1.54) is 0 Å². The van der Waals surface area contributed by atoms with Crippen LogP contribution in [-0.4, -0.2) is 24.5 Å². The molecule has 2 aromatic carbocycles. The van der Waals surface area contributed by atoms with Crippen molar-refractivity contribution in [1.82, 2.24) is 19.4 Å². The summed E-state index contributed by atoms with van der Waals surface area (Å²) in [5.41, 5.74) is 6.79. The van der Waals surface area contributed by atoms with Crippen molar-refractivity contribution in [3.63, 3.8) is 0 Å². The lowest BCUT2D eigenvalue weighted by Crippen LogP contribution is -2.22. The lowest BCUT2D eigenvalue weighted by atomic mass is 10.1. The predicted octanol–water partition coefficient (Wildman–Crippen LogP) is 2.11. The van der Waals surface area contributed by atoms with Crippen molar-refractivity contribution in [3.8, 4) is 28.4 Å². The number of benzene rings is 2. The van der Waals surface area contributed by atoms with Crippen LogP contribution in [0.25, 0.3) is 28.3 Å². The van der Waals surface area contributed by atoms with Gasteiger partial charge in [-0.3, -0.25) is 4.79 Å². The fraction of sp³-hybridized carbons (Fsp3) is 0. The van der Waals surface area contributed by atoms with Crippen LogP contribution in [0.3, 0.4) is 0 Å². The molecule has 0 aliphatic carbocycles. The number of fused-ring (bicyclic) bond motifs is 1. The van der Waals surface area contributed by atoms with Gasteiger partial charge in [-0.2, -0.15) is 15.0 Å². The third kappa shape index (κ3) is 2.47. The standard InChI is InChI=1S/C18H13N5O2/c19-17-20-14(12-9-5-2-6-10-12)21-18-22-15(24)13(16(25)23(17)18)11-7-3-1-4-8-11/h1-10,24H,(H2,19,20,21,22). The van der Waals surface area contributed by atoms with Gasteiger partial charge in [-0.05, 0) is 5.56 Å². The van der Waals surface area contributed by atoms with Crippen LogP contribution in [0.15, 0.2) is 65.5 Å². The van der Waals surface area contributed by atoms with Crippen molar-refractivity contribution in [2.24, 2.45) is 0 Å². The summed E-state index contributed by atoms with van der Waals surface area (Å²) < 4.78 is 1.09. The Bertz CT molecular complexity index is 1120. The molecule has 0 aliphatic heterocycles. The highest BCUT2D eigenvalue weighted by molar-refractivity contribution is 5.69. The van der Waals surface area contributed by atoms with Crippen molar-refractivity contribution < 1.29 is 5.11 Å². The number of rotatable bonds is 2. The van der Waals surface area contributed by atoms with E-state index in [-0.39, 0.29) is 17.3 Å². The van der Waals surface area contributed by atoms with Crippen molar-refractivity contribution in [2.75, 3.05) is 5.73 Å². The van der Waals surface area contributed by atoms with E-state index in [1.807, 2.05) is 36.4 Å². The molecule has 0 fully saturated rings. The van der Waals surface area contributed by atoms with E-state index in [1.54, 1.807) is 24.3 Å². The molecule has 122 valence electrons. The molecule has 0 spiro atoms. The zero-order valence-electron chi connectivity index (χ0n) is 13.0. The first kappa shape index (κ1) is 14.8. The topological polar surface area (TPSA) is 106 Å². The number of nitrogens with zero attached hydrogens (tertiary/aromatic N) is 4. The summed E-state index contributed by atoms with van der Waals surface area (Å²) in [5.74, 6) is -0.114. The summed E-state index contributed by atoms with van der Waals surface area (Å²) in [4.78, 5) is 25.3. The Hall–Kier alpha value is -3.74. The van der Waals surface area contributed by atoms with Crippen LogP contribution in [0.2, 0.25) is 0 Å². The molecule has 4 aromatic rings. The van der Waals surface area contributed by atoms with E-state index in [9.17, 15) is 9.90 Å². The van der Waals surface area contributed by atoms with Crippen LogP contribution in [0.4, 0.5) is 5.95 Å². The fourth-order valence-electron chi connectivity index (χ4n) is 2.63. The molecule has 2 aromatic heterocycles. The minimum Gasteiger partial charge on any atom is -0.493 e. The number of nitrogen functional groups attached to an aromatic ring is 1. The lowest BCUT2D eigenvalue weighted by molar-refractivity contribution is 0.454. The molecule has 4 rings (SSSR count). The maximum absolute atomic E-state index is 12.8. The van der Waals surface area contributed by atoms with Crippen molar-refractivity contribution in [2.45, 2.75) is 0 Å². The Morgan fingerprint density at radius 1 is 0.840 bits per heavy atom. The molecule has 7 heteroatoms. The van der Waals surface area contributed by atoms with Crippen LogP contribution in [0, 0.1) is 0 Å². The molecule has 2 heterocycles. The fourth-order valence-corrected chi connectivity index (χ4v) is 2.63. The Kier molecular flexibility index (Phi) is 3.39. The molecule has 0 unspecified atom stereocenters. The molecular formula is C18H13N5O2. The highest BCUT2D eigenvalue weighted by Gasteiger charge is 2.18. The summed E-state index contributed by atoms with van der Waals surface area (Å²) in [6.45, 7) is 0. The second-order valence-electron chi connectivity index (χ2n) is 5.39. The van der Waals surface area contributed by atoms with Crippen LogP contribution in [-0.2, 0) is 0 Å². The first-order valence-electron chi connectivity index (χ1n) is 7.55. The summed E-state index contributed by atoms with van der Waals surface area (Å²) in [6, 6.07) is 18.0. The van der Waals surface area contributed by atoms with Gasteiger partial charge in [0.2, 0.25) is 17.6 Å². The minimum atomic E-state index is -0.522. The van der Waals surface area contributed by atoms with Gasteiger partial charge in [0.1, 0.15) is 5.56 Å². The van der Waals surface area contributed by atoms with Crippen molar-refractivity contribution in [1.29, 1.82) is 0 Å². The number of aromatic nitrogens is 4. The molecule has 0 aliphatic rings. The number of hydrogen-bond donors (Lipinski definition) is 2. The third-order valence-electron chi connectivity index (χ3n) is 3.80. The molecule has 0 radical (unpaired) electrons. The maximum atomic E-state index is 12.8. The van der Waals surface area contributed by atoms with Crippen LogP contribution < -0.4 is 11.3 Å². The van der Waals surface area contributed by atoms with Crippen molar-refractivity contribution >= 4 is 11.7 Å².